The number of para-hydroxylation sites is 1. The van der Waals surface area contributed by atoms with E-state index in [1.807, 2.05) is 92.7 Å². The largest absolute Gasteiger partial charge is 0.489 e. The Labute approximate surface area is 203 Å². The van der Waals surface area contributed by atoms with Crippen molar-refractivity contribution in [3.05, 3.63) is 90.0 Å². The molecule has 3 aromatic rings. The van der Waals surface area contributed by atoms with E-state index in [1.165, 1.54) is 6.38 Å². The molecule has 0 N–H and O–H groups in total. The van der Waals surface area contributed by atoms with E-state index in [0.29, 0.717) is 13.0 Å². The average Bonchev–Trinajstić information content (AvgIpc) is 2.86. The normalized spacial score (nSPS) is 10.1. The number of benzene rings is 3. The Kier molecular flexibility index (Phi) is 13.8. The minimum absolute atomic E-state index is 0.0710. The van der Waals surface area contributed by atoms with Gasteiger partial charge in [0.2, 0.25) is 0 Å². The van der Waals surface area contributed by atoms with Crippen LogP contribution in [0.25, 0.3) is 0 Å². The molecule has 0 saturated carbocycles. The topological polar surface area (TPSA) is 35.5 Å². The number of Topliss-reactive ketones (excluding diaryl/α,β-unsaturated/α-hetero) is 1. The lowest BCUT2D eigenvalue weighted by molar-refractivity contribution is -0.117. The molecule has 1 atom stereocenters. The minimum Gasteiger partial charge on any atom is -0.489 e. The summed E-state index contributed by atoms with van der Waals surface area (Å²) in [6, 6.07) is 25.3. The summed E-state index contributed by atoms with van der Waals surface area (Å²) in [5.41, 5.74) is 2.05. The first kappa shape index (κ1) is 27.8. The quantitative estimate of drug-likeness (QED) is 0.250. The Morgan fingerprint density at radius 3 is 2.12 bits per heavy atom. The molecule has 0 radical (unpaired) electrons. The lowest BCUT2D eigenvalue weighted by Gasteiger charge is -2.12. The molecule has 0 aliphatic heterocycles. The van der Waals surface area contributed by atoms with Gasteiger partial charge in [0.05, 0.1) is 5.92 Å². The van der Waals surface area contributed by atoms with Gasteiger partial charge in [-0.3, -0.25) is 4.79 Å². The Morgan fingerprint density at radius 2 is 1.52 bits per heavy atom. The zero-order valence-corrected chi connectivity index (χ0v) is 20.9. The maximum absolute atomic E-state index is 11.5. The van der Waals surface area contributed by atoms with Crippen molar-refractivity contribution in [2.45, 2.75) is 46.6 Å². The van der Waals surface area contributed by atoms with Crippen molar-refractivity contribution in [1.82, 2.24) is 0 Å². The van der Waals surface area contributed by atoms with Crippen LogP contribution in [0.15, 0.2) is 78.9 Å². The van der Waals surface area contributed by atoms with Crippen molar-refractivity contribution < 1.29 is 14.3 Å². The van der Waals surface area contributed by atoms with Gasteiger partial charge in [-0.25, -0.2) is 0 Å². The highest BCUT2D eigenvalue weighted by atomic mass is 35.5. The Bertz CT molecular complexity index is 1000. The molecule has 33 heavy (non-hydrogen) atoms. The van der Waals surface area contributed by atoms with Crippen molar-refractivity contribution in [1.29, 1.82) is 0 Å². The van der Waals surface area contributed by atoms with E-state index in [4.69, 9.17) is 9.47 Å². The lowest BCUT2D eigenvalue weighted by atomic mass is 9.94. The van der Waals surface area contributed by atoms with E-state index in [9.17, 15) is 4.79 Å². The summed E-state index contributed by atoms with van der Waals surface area (Å²) in [6.07, 6.45) is 1.90. The lowest BCUT2D eigenvalue weighted by Crippen LogP contribution is -2.02. The molecule has 0 amide bonds. The first-order chi connectivity index (χ1) is 16.1. The van der Waals surface area contributed by atoms with Crippen LogP contribution in [-0.2, 0) is 11.4 Å². The van der Waals surface area contributed by atoms with Crippen LogP contribution < -0.4 is 9.47 Å². The molecular formula is C29H33ClO3. The van der Waals surface area contributed by atoms with Crippen molar-refractivity contribution in [2.24, 2.45) is 0 Å². The van der Waals surface area contributed by atoms with Crippen LogP contribution in [0.5, 0.6) is 17.2 Å². The second kappa shape index (κ2) is 16.4. The molecule has 3 aromatic carbocycles. The molecule has 0 saturated heterocycles. The molecule has 0 spiro atoms. The van der Waals surface area contributed by atoms with Gasteiger partial charge in [0.15, 0.2) is 0 Å². The molecule has 4 heteroatoms. The van der Waals surface area contributed by atoms with Gasteiger partial charge in [0, 0.05) is 12.8 Å². The third-order valence-electron chi connectivity index (χ3n) is 4.38. The maximum atomic E-state index is 11.5. The molecule has 0 aromatic heterocycles. The number of halogens is 1. The molecule has 1 unspecified atom stereocenters. The fraction of sp³-hybridized carbons (Fsp3) is 0.276. The second-order valence-corrected chi connectivity index (χ2v) is 6.77. The Balaban J connectivity index is 0.00000129. The number of alkyl halides is 1. The van der Waals surface area contributed by atoms with E-state index in [0.717, 1.165) is 28.4 Å². The molecule has 0 heterocycles. The van der Waals surface area contributed by atoms with E-state index >= 15 is 0 Å². The number of hydrogen-bond acceptors (Lipinski definition) is 3. The van der Waals surface area contributed by atoms with E-state index in [-0.39, 0.29) is 11.7 Å². The van der Waals surface area contributed by atoms with E-state index in [2.05, 4.69) is 23.4 Å². The third kappa shape index (κ3) is 10.3. The zero-order valence-electron chi connectivity index (χ0n) is 20.1. The summed E-state index contributed by atoms with van der Waals surface area (Å²) in [6.45, 7) is 7.83. The summed E-state index contributed by atoms with van der Waals surface area (Å²) >= 11 is 4.64. The van der Waals surface area contributed by atoms with Gasteiger partial charge in [0.1, 0.15) is 29.6 Å². The fourth-order valence-electron chi connectivity index (χ4n) is 3.00. The molecule has 3 nitrogen and oxygen atoms in total. The van der Waals surface area contributed by atoms with Crippen LogP contribution in [0.1, 0.15) is 51.2 Å². The van der Waals surface area contributed by atoms with Crippen molar-refractivity contribution in [3.8, 4) is 29.1 Å². The van der Waals surface area contributed by atoms with Gasteiger partial charge in [-0.15, -0.1) is 17.5 Å². The SMILES string of the molecule is CC.CC#CC(CC(C)=O)c1ccc(OCc2cccc(Oc3ccccc3)c2)cc1.CCl. The zero-order chi connectivity index (χ0) is 24.5. The van der Waals surface area contributed by atoms with Gasteiger partial charge in [-0.2, -0.15) is 0 Å². The van der Waals surface area contributed by atoms with Crippen LogP contribution in [0.3, 0.4) is 0 Å². The Hall–Kier alpha value is -3.22. The summed E-state index contributed by atoms with van der Waals surface area (Å²) < 4.78 is 11.8. The van der Waals surface area contributed by atoms with Gasteiger partial charge >= 0.3 is 0 Å². The smallest absolute Gasteiger partial charge is 0.131 e. The molecule has 0 bridgehead atoms. The molecule has 0 aliphatic carbocycles. The predicted molar refractivity (Wildman–Crippen MR) is 138 cm³/mol. The monoisotopic (exact) mass is 464 g/mol. The standard InChI is InChI=1S/C26H24O3.C2H6.CH3Cl/c1-3-8-23(17-20(2)27)22-13-15-24(16-14-22)28-19-21-9-7-12-26(18-21)29-25-10-5-4-6-11-25;2*1-2/h4-7,9-16,18,23H,17,19H2,1-2H3;1-2H3;1H3. The number of ether oxygens (including phenoxy) is 2. The van der Waals surface area contributed by atoms with E-state index in [1.54, 1.807) is 13.8 Å². The van der Waals surface area contributed by atoms with Crippen LogP contribution in [-0.4, -0.2) is 12.2 Å². The van der Waals surface area contributed by atoms with Crippen LogP contribution in [0, 0.1) is 11.8 Å². The first-order valence-corrected chi connectivity index (χ1v) is 11.7. The van der Waals surface area contributed by atoms with Crippen LogP contribution >= 0.6 is 11.6 Å². The van der Waals surface area contributed by atoms with Crippen molar-refractivity contribution in [2.75, 3.05) is 6.38 Å². The first-order valence-electron chi connectivity index (χ1n) is 11.0. The molecule has 0 aliphatic rings. The molecule has 174 valence electrons. The maximum Gasteiger partial charge on any atom is 0.131 e. The van der Waals surface area contributed by atoms with Crippen LogP contribution in [0.2, 0.25) is 0 Å². The number of carbonyl (C=O) groups is 1. The van der Waals surface area contributed by atoms with Gasteiger partial charge in [0.25, 0.3) is 0 Å². The highest BCUT2D eigenvalue weighted by Crippen LogP contribution is 2.24. The average molecular weight is 465 g/mol. The van der Waals surface area contributed by atoms with Gasteiger partial charge in [-0.1, -0.05) is 62.2 Å². The predicted octanol–water partition coefficient (Wildman–Crippen LogP) is 8.03. The summed E-state index contributed by atoms with van der Waals surface area (Å²) in [5, 5.41) is 0. The van der Waals surface area contributed by atoms with Crippen LogP contribution in [0.4, 0.5) is 0 Å². The van der Waals surface area contributed by atoms with Gasteiger partial charge in [-0.05, 0) is 61.4 Å². The summed E-state index contributed by atoms with van der Waals surface area (Å²) in [4.78, 5) is 11.5. The minimum atomic E-state index is -0.0710. The molecule has 3 rings (SSSR count). The number of ketones is 1. The summed E-state index contributed by atoms with van der Waals surface area (Å²) in [5.74, 6) is 8.43. The van der Waals surface area contributed by atoms with Crippen molar-refractivity contribution in [3.63, 3.8) is 0 Å². The van der Waals surface area contributed by atoms with E-state index < -0.39 is 0 Å². The van der Waals surface area contributed by atoms with Crippen molar-refractivity contribution >= 4 is 17.4 Å². The number of rotatable bonds is 8. The second-order valence-electron chi connectivity index (χ2n) is 6.77. The molecule has 0 fully saturated rings. The highest BCUT2D eigenvalue weighted by Gasteiger charge is 2.11. The summed E-state index contributed by atoms with van der Waals surface area (Å²) in [7, 11) is 0. The number of carbonyl (C=O) groups excluding carboxylic acids is 1. The molecular weight excluding hydrogens is 432 g/mol. The highest BCUT2D eigenvalue weighted by molar-refractivity contribution is 6.15. The number of hydrogen-bond donors (Lipinski definition) is 0. The third-order valence-corrected chi connectivity index (χ3v) is 4.38. The Morgan fingerprint density at radius 1 is 0.879 bits per heavy atom. The fourth-order valence-corrected chi connectivity index (χ4v) is 3.00. The van der Waals surface area contributed by atoms with Gasteiger partial charge < -0.3 is 9.47 Å².